The van der Waals surface area contributed by atoms with E-state index in [4.69, 9.17) is 25.8 Å². The number of halogens is 3. The van der Waals surface area contributed by atoms with Crippen molar-refractivity contribution in [3.63, 3.8) is 0 Å². The molecular weight excluding hydrogens is 558 g/mol. The van der Waals surface area contributed by atoms with E-state index in [0.717, 1.165) is 24.0 Å². The quantitative estimate of drug-likeness (QED) is 0.159. The molecule has 2 saturated carbocycles. The molecular formula is C30H41ClF2N2O6. The van der Waals surface area contributed by atoms with Crippen molar-refractivity contribution in [2.45, 2.75) is 89.1 Å². The average molecular weight is 599 g/mol. The number of ether oxygens (including phenoxy) is 3. The van der Waals surface area contributed by atoms with Crippen molar-refractivity contribution < 1.29 is 38.3 Å². The molecule has 2 aliphatic rings. The zero-order valence-electron chi connectivity index (χ0n) is 23.8. The predicted molar refractivity (Wildman–Crippen MR) is 151 cm³/mol. The van der Waals surface area contributed by atoms with Crippen LogP contribution in [0.4, 0.5) is 8.78 Å². The van der Waals surface area contributed by atoms with E-state index < -0.39 is 43.0 Å². The van der Waals surface area contributed by atoms with E-state index in [1.165, 1.54) is 0 Å². The summed E-state index contributed by atoms with van der Waals surface area (Å²) in [5.41, 5.74) is 0.763. The fraction of sp³-hybridized carbons (Fsp3) is 0.600. The van der Waals surface area contributed by atoms with Crippen LogP contribution in [0, 0.1) is 0 Å². The zero-order chi connectivity index (χ0) is 29.8. The van der Waals surface area contributed by atoms with Gasteiger partial charge in [-0.15, -0.1) is 0 Å². The Labute approximate surface area is 245 Å². The van der Waals surface area contributed by atoms with Gasteiger partial charge in [0.1, 0.15) is 11.5 Å². The highest BCUT2D eigenvalue weighted by molar-refractivity contribution is 6.33. The highest BCUT2D eigenvalue weighted by Crippen LogP contribution is 2.53. The number of hydrogen-bond donors (Lipinski definition) is 4. The van der Waals surface area contributed by atoms with Gasteiger partial charge in [-0.2, -0.15) is 0 Å². The number of aliphatic hydroxyl groups is 3. The summed E-state index contributed by atoms with van der Waals surface area (Å²) >= 11 is 6.96. The molecule has 0 spiro atoms. The van der Waals surface area contributed by atoms with E-state index >= 15 is 0 Å². The summed E-state index contributed by atoms with van der Waals surface area (Å²) in [5.74, 6) is -1.56. The Kier molecular flexibility index (Phi) is 10.5. The molecule has 0 aromatic heterocycles. The molecule has 2 aromatic carbocycles. The average Bonchev–Trinajstić information content (AvgIpc) is 3.75. The van der Waals surface area contributed by atoms with Crippen LogP contribution in [0.15, 0.2) is 36.4 Å². The van der Waals surface area contributed by atoms with Crippen molar-refractivity contribution >= 4 is 11.6 Å². The molecule has 4 N–H and O–H groups in total. The number of rotatable bonds is 16. The number of aliphatic hydroxyl groups excluding tert-OH is 2. The topological polar surface area (TPSA) is 104 Å². The molecule has 0 radical (unpaired) electrons. The van der Waals surface area contributed by atoms with Crippen LogP contribution in [0.3, 0.4) is 0 Å². The maximum Gasteiger partial charge on any atom is 0.252 e. The third kappa shape index (κ3) is 7.48. The normalized spacial score (nSPS) is 19.2. The van der Waals surface area contributed by atoms with E-state index in [9.17, 15) is 24.1 Å². The summed E-state index contributed by atoms with van der Waals surface area (Å²) < 4.78 is 45.6. The molecule has 0 amide bonds. The van der Waals surface area contributed by atoms with Crippen LogP contribution < -0.4 is 14.8 Å². The number of alkyl halides is 2. The molecule has 11 heteroatoms. The molecule has 228 valence electrons. The van der Waals surface area contributed by atoms with Gasteiger partial charge in [-0.25, -0.2) is 8.78 Å². The Hall–Kier alpha value is -2.05. The first-order chi connectivity index (χ1) is 19.5. The summed E-state index contributed by atoms with van der Waals surface area (Å²) in [4.78, 5) is 1.59. The van der Waals surface area contributed by atoms with Gasteiger partial charge in [0.05, 0.1) is 37.0 Å². The minimum absolute atomic E-state index is 0.171. The first kappa shape index (κ1) is 31.9. The summed E-state index contributed by atoms with van der Waals surface area (Å²) in [6.45, 7) is 7.14. The van der Waals surface area contributed by atoms with Crippen molar-refractivity contribution in [3.05, 3.63) is 58.1 Å². The van der Waals surface area contributed by atoms with Gasteiger partial charge in [0.25, 0.3) is 5.92 Å². The van der Waals surface area contributed by atoms with E-state index in [0.29, 0.717) is 47.8 Å². The molecule has 0 aliphatic heterocycles. The lowest BCUT2D eigenvalue weighted by atomic mass is 9.72. The molecule has 41 heavy (non-hydrogen) atoms. The van der Waals surface area contributed by atoms with Crippen LogP contribution >= 0.6 is 11.6 Å². The van der Waals surface area contributed by atoms with E-state index in [2.05, 4.69) is 5.32 Å². The molecule has 8 nitrogen and oxygen atoms in total. The smallest absolute Gasteiger partial charge is 0.252 e. The number of hydrogen-bond acceptors (Lipinski definition) is 8. The van der Waals surface area contributed by atoms with Gasteiger partial charge < -0.3 is 29.5 Å². The van der Waals surface area contributed by atoms with Crippen LogP contribution in [0.1, 0.15) is 75.1 Å². The molecule has 2 atom stereocenters. The Morgan fingerprint density at radius 1 is 1.07 bits per heavy atom. The van der Waals surface area contributed by atoms with Crippen LogP contribution in [0.2, 0.25) is 5.02 Å². The van der Waals surface area contributed by atoms with E-state index in [-0.39, 0.29) is 13.2 Å². The second-order valence-corrected chi connectivity index (χ2v) is 11.2. The maximum atomic E-state index is 13.9. The van der Waals surface area contributed by atoms with Gasteiger partial charge in [0, 0.05) is 31.0 Å². The van der Waals surface area contributed by atoms with E-state index in [1.54, 1.807) is 4.90 Å². The Morgan fingerprint density at radius 2 is 1.73 bits per heavy atom. The zero-order valence-corrected chi connectivity index (χ0v) is 24.5. The lowest BCUT2D eigenvalue weighted by Crippen LogP contribution is -2.71. The Bertz CT molecular complexity index is 1140. The standard InChI is InChI=1S/C30H41ClF2N2O6/c1-4-40-23-15-22(25(31)26(41-5-2)24(23)21-11-12-21)19(3)35(13-14-39-16-20-9-7-6-8-10-20)28(38)34-29(27(36)37)17-30(32,33)18-29/h6-10,15,19,21,27-28,34,36-38H,4-5,11-14,16-18H2,1-3H3/t19-,28?/m1/s1. The Balaban J connectivity index is 1.62. The minimum Gasteiger partial charge on any atom is -0.493 e. The lowest BCUT2D eigenvalue weighted by Gasteiger charge is -2.51. The summed E-state index contributed by atoms with van der Waals surface area (Å²) in [7, 11) is 0. The highest BCUT2D eigenvalue weighted by Gasteiger charge is 2.61. The molecule has 0 bridgehead atoms. The van der Waals surface area contributed by atoms with Crippen molar-refractivity contribution in [2.75, 3.05) is 26.4 Å². The van der Waals surface area contributed by atoms with E-state index in [1.807, 2.05) is 57.2 Å². The van der Waals surface area contributed by atoms with Crippen molar-refractivity contribution in [3.8, 4) is 11.5 Å². The van der Waals surface area contributed by atoms with Gasteiger partial charge >= 0.3 is 0 Å². The maximum absolute atomic E-state index is 13.9. The molecule has 2 aromatic rings. The van der Waals surface area contributed by atoms with Gasteiger partial charge in [-0.05, 0) is 56.7 Å². The molecule has 1 unspecified atom stereocenters. The third-order valence-electron chi connectivity index (χ3n) is 7.75. The first-order valence-electron chi connectivity index (χ1n) is 14.2. The van der Waals surface area contributed by atoms with Crippen LogP contribution in [-0.4, -0.2) is 70.7 Å². The minimum atomic E-state index is -3.06. The largest absolute Gasteiger partial charge is 0.493 e. The number of benzene rings is 2. The van der Waals surface area contributed by atoms with Crippen LogP contribution in [-0.2, 0) is 11.3 Å². The molecule has 4 rings (SSSR count). The van der Waals surface area contributed by atoms with Crippen LogP contribution in [0.25, 0.3) is 0 Å². The van der Waals surface area contributed by atoms with Crippen molar-refractivity contribution in [1.29, 1.82) is 0 Å². The fourth-order valence-electron chi connectivity index (χ4n) is 5.48. The molecule has 2 aliphatic carbocycles. The molecule has 0 saturated heterocycles. The first-order valence-corrected chi connectivity index (χ1v) is 14.6. The SMILES string of the molecule is CCOc1cc([C@@H](C)N(CCOCc2ccccc2)C(O)NC2(C(O)O)CC(F)(F)C2)c(Cl)c(OCC)c1C1CC1. The number of nitrogens with one attached hydrogen (secondary N) is 1. The lowest BCUT2D eigenvalue weighted by molar-refractivity contribution is -0.240. The van der Waals surface area contributed by atoms with Gasteiger partial charge in [-0.1, -0.05) is 41.9 Å². The molecule has 2 fully saturated rings. The summed E-state index contributed by atoms with van der Waals surface area (Å²) in [6, 6.07) is 10.9. The molecule has 0 heterocycles. The second kappa shape index (κ2) is 13.5. The van der Waals surface area contributed by atoms with Gasteiger partial charge in [0.15, 0.2) is 12.6 Å². The highest BCUT2D eigenvalue weighted by atomic mass is 35.5. The third-order valence-corrected chi connectivity index (χ3v) is 8.14. The second-order valence-electron chi connectivity index (χ2n) is 10.9. The van der Waals surface area contributed by atoms with Crippen molar-refractivity contribution in [2.24, 2.45) is 0 Å². The van der Waals surface area contributed by atoms with Crippen LogP contribution in [0.5, 0.6) is 11.5 Å². The summed E-state index contributed by atoms with van der Waals surface area (Å²) in [5, 5.41) is 34.3. The predicted octanol–water partition coefficient (Wildman–Crippen LogP) is 4.94. The summed E-state index contributed by atoms with van der Waals surface area (Å²) in [6.07, 6.45) is -3.25. The van der Waals surface area contributed by atoms with Gasteiger partial charge in [0.2, 0.25) is 0 Å². The van der Waals surface area contributed by atoms with Gasteiger partial charge in [-0.3, -0.25) is 10.2 Å². The number of nitrogens with zero attached hydrogens (tertiary/aromatic N) is 1. The Morgan fingerprint density at radius 3 is 2.29 bits per heavy atom. The van der Waals surface area contributed by atoms with Crippen molar-refractivity contribution in [1.82, 2.24) is 10.2 Å². The fourth-order valence-corrected chi connectivity index (χ4v) is 5.85. The monoisotopic (exact) mass is 598 g/mol.